The van der Waals surface area contributed by atoms with Gasteiger partial charge in [-0.15, -0.1) is 0 Å². The van der Waals surface area contributed by atoms with Gasteiger partial charge in [0.05, 0.1) is 6.04 Å². The monoisotopic (exact) mass is 267 g/mol. The molecule has 0 saturated carbocycles. The average molecular weight is 267 g/mol. The molecule has 0 radical (unpaired) electrons. The van der Waals surface area contributed by atoms with E-state index in [1.807, 2.05) is 18.2 Å². The van der Waals surface area contributed by atoms with Gasteiger partial charge in [-0.25, -0.2) is 0 Å². The molecular weight excluding hydrogens is 246 g/mol. The SMILES string of the molecule is CC(C)c1ccc(OC2Cc3ccccc3C2N)cc1. The molecule has 3 rings (SSSR count). The van der Waals surface area contributed by atoms with Gasteiger partial charge in [0.25, 0.3) is 0 Å². The molecule has 0 saturated heterocycles. The Kier molecular flexibility index (Phi) is 3.49. The van der Waals surface area contributed by atoms with Crippen LogP contribution in [0.5, 0.6) is 5.75 Å². The van der Waals surface area contributed by atoms with Crippen molar-refractivity contribution in [1.82, 2.24) is 0 Å². The molecular formula is C18H21NO. The Morgan fingerprint density at radius 3 is 2.40 bits per heavy atom. The van der Waals surface area contributed by atoms with Gasteiger partial charge in [0.1, 0.15) is 11.9 Å². The van der Waals surface area contributed by atoms with Crippen molar-refractivity contribution in [2.24, 2.45) is 5.73 Å². The second kappa shape index (κ2) is 5.29. The second-order valence-corrected chi connectivity index (χ2v) is 5.81. The fourth-order valence-electron chi connectivity index (χ4n) is 2.81. The summed E-state index contributed by atoms with van der Waals surface area (Å²) in [6, 6.07) is 16.7. The Balaban J connectivity index is 1.73. The molecule has 0 amide bonds. The Labute approximate surface area is 120 Å². The molecule has 2 nitrogen and oxygen atoms in total. The fraction of sp³-hybridized carbons (Fsp3) is 0.333. The first-order valence-corrected chi connectivity index (χ1v) is 7.25. The maximum absolute atomic E-state index is 6.29. The molecule has 2 atom stereocenters. The maximum Gasteiger partial charge on any atom is 0.122 e. The summed E-state index contributed by atoms with van der Waals surface area (Å²) in [7, 11) is 0. The van der Waals surface area contributed by atoms with Crippen molar-refractivity contribution in [3.63, 3.8) is 0 Å². The minimum Gasteiger partial charge on any atom is -0.488 e. The Morgan fingerprint density at radius 1 is 1.05 bits per heavy atom. The standard InChI is InChI=1S/C18H21NO/c1-12(2)13-7-9-15(10-8-13)20-17-11-14-5-3-4-6-16(14)18(17)19/h3-10,12,17-18H,11,19H2,1-2H3. The number of fused-ring (bicyclic) bond motifs is 1. The van der Waals surface area contributed by atoms with Crippen molar-refractivity contribution in [2.45, 2.75) is 38.3 Å². The minimum atomic E-state index is -0.0315. The third-order valence-electron chi connectivity index (χ3n) is 4.07. The molecule has 0 bridgehead atoms. The molecule has 1 aliphatic carbocycles. The molecule has 2 aromatic rings. The summed E-state index contributed by atoms with van der Waals surface area (Å²) in [5, 5.41) is 0. The van der Waals surface area contributed by atoms with Crippen LogP contribution < -0.4 is 10.5 Å². The summed E-state index contributed by atoms with van der Waals surface area (Å²) >= 11 is 0. The van der Waals surface area contributed by atoms with E-state index in [4.69, 9.17) is 10.5 Å². The molecule has 0 aromatic heterocycles. The van der Waals surface area contributed by atoms with Gasteiger partial charge in [0, 0.05) is 6.42 Å². The lowest BCUT2D eigenvalue weighted by molar-refractivity contribution is 0.185. The van der Waals surface area contributed by atoms with Gasteiger partial charge in [-0.05, 0) is 34.7 Å². The van der Waals surface area contributed by atoms with Gasteiger partial charge >= 0.3 is 0 Å². The number of rotatable bonds is 3. The molecule has 2 N–H and O–H groups in total. The summed E-state index contributed by atoms with van der Waals surface area (Å²) in [5.74, 6) is 1.45. The summed E-state index contributed by atoms with van der Waals surface area (Å²) in [4.78, 5) is 0. The highest BCUT2D eigenvalue weighted by Gasteiger charge is 2.30. The highest BCUT2D eigenvalue weighted by atomic mass is 16.5. The average Bonchev–Trinajstić information content (AvgIpc) is 2.77. The van der Waals surface area contributed by atoms with E-state index in [9.17, 15) is 0 Å². The summed E-state index contributed by atoms with van der Waals surface area (Å²) in [5.41, 5.74) is 10.1. The molecule has 0 spiro atoms. The summed E-state index contributed by atoms with van der Waals surface area (Å²) in [6.45, 7) is 4.39. The number of nitrogens with two attached hydrogens (primary N) is 1. The predicted octanol–water partition coefficient (Wildman–Crippen LogP) is 3.81. The van der Waals surface area contributed by atoms with Crippen molar-refractivity contribution in [2.75, 3.05) is 0 Å². The normalized spacial score (nSPS) is 21.0. The third kappa shape index (κ3) is 2.44. The van der Waals surface area contributed by atoms with Gasteiger partial charge in [0.15, 0.2) is 0 Å². The summed E-state index contributed by atoms with van der Waals surface area (Å²) < 4.78 is 6.08. The number of hydrogen-bond acceptors (Lipinski definition) is 2. The van der Waals surface area contributed by atoms with Crippen molar-refractivity contribution in [3.8, 4) is 5.75 Å². The van der Waals surface area contributed by atoms with Crippen LogP contribution in [0.3, 0.4) is 0 Å². The van der Waals surface area contributed by atoms with Gasteiger partial charge in [0.2, 0.25) is 0 Å². The third-order valence-corrected chi connectivity index (χ3v) is 4.07. The Hall–Kier alpha value is -1.80. The van der Waals surface area contributed by atoms with Crippen LogP contribution in [0.4, 0.5) is 0 Å². The van der Waals surface area contributed by atoms with Crippen LogP contribution in [-0.2, 0) is 6.42 Å². The zero-order valence-corrected chi connectivity index (χ0v) is 12.0. The molecule has 2 aromatic carbocycles. The van der Waals surface area contributed by atoms with Gasteiger partial charge < -0.3 is 10.5 Å². The highest BCUT2D eigenvalue weighted by molar-refractivity contribution is 5.37. The lowest BCUT2D eigenvalue weighted by atomic mass is 10.0. The topological polar surface area (TPSA) is 35.2 Å². The first kappa shape index (κ1) is 13.2. The first-order valence-electron chi connectivity index (χ1n) is 7.25. The molecule has 104 valence electrons. The molecule has 20 heavy (non-hydrogen) atoms. The molecule has 0 aliphatic heterocycles. The van der Waals surface area contributed by atoms with Crippen LogP contribution in [0.15, 0.2) is 48.5 Å². The van der Waals surface area contributed by atoms with Crippen molar-refractivity contribution < 1.29 is 4.74 Å². The summed E-state index contributed by atoms with van der Waals surface area (Å²) in [6.07, 6.45) is 0.931. The van der Waals surface area contributed by atoms with Crippen LogP contribution >= 0.6 is 0 Å². The van der Waals surface area contributed by atoms with E-state index >= 15 is 0 Å². The van der Waals surface area contributed by atoms with Crippen LogP contribution in [0.2, 0.25) is 0 Å². The van der Waals surface area contributed by atoms with Gasteiger partial charge in [-0.1, -0.05) is 50.2 Å². The lowest BCUT2D eigenvalue weighted by Crippen LogP contribution is -2.27. The maximum atomic E-state index is 6.29. The van der Waals surface area contributed by atoms with E-state index in [-0.39, 0.29) is 12.1 Å². The number of benzene rings is 2. The zero-order chi connectivity index (χ0) is 14.1. The zero-order valence-electron chi connectivity index (χ0n) is 12.0. The Bertz CT molecular complexity index is 589. The molecule has 0 heterocycles. The Morgan fingerprint density at radius 2 is 1.75 bits per heavy atom. The lowest BCUT2D eigenvalue weighted by Gasteiger charge is -2.19. The molecule has 2 unspecified atom stereocenters. The minimum absolute atomic E-state index is 0.0315. The first-order chi connectivity index (χ1) is 9.65. The molecule has 2 heteroatoms. The second-order valence-electron chi connectivity index (χ2n) is 5.81. The molecule has 1 aliphatic rings. The van der Waals surface area contributed by atoms with E-state index in [0.717, 1.165) is 12.2 Å². The predicted molar refractivity (Wildman–Crippen MR) is 82.0 cm³/mol. The van der Waals surface area contributed by atoms with Crippen LogP contribution in [0, 0.1) is 0 Å². The van der Waals surface area contributed by atoms with E-state index in [1.54, 1.807) is 0 Å². The van der Waals surface area contributed by atoms with Crippen molar-refractivity contribution in [1.29, 1.82) is 0 Å². The fourth-order valence-corrected chi connectivity index (χ4v) is 2.81. The molecule has 0 fully saturated rings. The largest absolute Gasteiger partial charge is 0.488 e. The van der Waals surface area contributed by atoms with Crippen LogP contribution in [0.25, 0.3) is 0 Å². The van der Waals surface area contributed by atoms with E-state index in [1.165, 1.54) is 16.7 Å². The quantitative estimate of drug-likeness (QED) is 0.917. The van der Waals surface area contributed by atoms with Crippen LogP contribution in [-0.4, -0.2) is 6.10 Å². The van der Waals surface area contributed by atoms with E-state index < -0.39 is 0 Å². The van der Waals surface area contributed by atoms with E-state index in [2.05, 4.69) is 44.2 Å². The smallest absolute Gasteiger partial charge is 0.122 e. The van der Waals surface area contributed by atoms with Crippen molar-refractivity contribution in [3.05, 3.63) is 65.2 Å². The van der Waals surface area contributed by atoms with Crippen LogP contribution in [0.1, 0.15) is 42.5 Å². The van der Waals surface area contributed by atoms with Crippen molar-refractivity contribution >= 4 is 0 Å². The van der Waals surface area contributed by atoms with Gasteiger partial charge in [-0.2, -0.15) is 0 Å². The van der Waals surface area contributed by atoms with E-state index in [0.29, 0.717) is 5.92 Å². The number of hydrogen-bond donors (Lipinski definition) is 1. The number of ether oxygens (including phenoxy) is 1. The van der Waals surface area contributed by atoms with Gasteiger partial charge in [-0.3, -0.25) is 0 Å². The highest BCUT2D eigenvalue weighted by Crippen LogP contribution is 2.32.